The fourth-order valence-electron chi connectivity index (χ4n) is 3.48. The summed E-state index contributed by atoms with van der Waals surface area (Å²) in [6, 6.07) is 17.9. The lowest BCUT2D eigenvalue weighted by molar-refractivity contribution is -0.126. The normalized spacial score (nSPS) is 10.5. The Morgan fingerprint density at radius 2 is 1.43 bits per heavy atom. The van der Waals surface area contributed by atoms with E-state index in [0.29, 0.717) is 46.4 Å². The molecule has 0 aliphatic carbocycles. The van der Waals surface area contributed by atoms with Crippen molar-refractivity contribution in [1.29, 1.82) is 0 Å². The van der Waals surface area contributed by atoms with Crippen LogP contribution in [0.5, 0.6) is 17.2 Å². The van der Waals surface area contributed by atoms with E-state index in [1.54, 1.807) is 87.7 Å². The lowest BCUT2D eigenvalue weighted by Gasteiger charge is -2.13. The van der Waals surface area contributed by atoms with E-state index in [1.165, 1.54) is 6.21 Å². The number of methoxy groups -OCH3 is 1. The first-order chi connectivity index (χ1) is 20.3. The summed E-state index contributed by atoms with van der Waals surface area (Å²) in [6.45, 7) is 3.85. The number of nitrogens with zero attached hydrogens (tertiary/aromatic N) is 1. The summed E-state index contributed by atoms with van der Waals surface area (Å²) in [6.07, 6.45) is 0.968. The zero-order valence-corrected chi connectivity index (χ0v) is 23.5. The molecule has 0 aromatic heterocycles. The molecule has 3 N–H and O–H groups in total. The van der Waals surface area contributed by atoms with Crippen molar-refractivity contribution >= 4 is 41.3 Å². The summed E-state index contributed by atoms with van der Waals surface area (Å²) in [5, 5.41) is 9.21. The summed E-state index contributed by atoms with van der Waals surface area (Å²) in [5.41, 5.74) is 4.30. The van der Waals surface area contributed by atoms with Crippen LogP contribution in [-0.4, -0.2) is 56.8 Å². The molecular weight excluding hydrogens is 544 g/mol. The van der Waals surface area contributed by atoms with Gasteiger partial charge in [-0.2, -0.15) is 5.10 Å². The third-order valence-electron chi connectivity index (χ3n) is 5.40. The first-order valence-corrected chi connectivity index (χ1v) is 13.0. The van der Waals surface area contributed by atoms with E-state index in [-0.39, 0.29) is 13.2 Å². The number of esters is 1. The summed E-state index contributed by atoms with van der Waals surface area (Å²) in [4.78, 5) is 48.4. The zero-order chi connectivity index (χ0) is 30.3. The molecule has 0 atom stereocenters. The molecule has 0 heterocycles. The minimum atomic E-state index is -0.594. The van der Waals surface area contributed by atoms with Crippen LogP contribution in [0.25, 0.3) is 0 Å². The summed E-state index contributed by atoms with van der Waals surface area (Å²) in [7, 11) is 1.54. The van der Waals surface area contributed by atoms with E-state index < -0.39 is 30.1 Å². The van der Waals surface area contributed by atoms with E-state index in [0.717, 1.165) is 0 Å². The van der Waals surface area contributed by atoms with Crippen molar-refractivity contribution in [2.75, 3.05) is 37.6 Å². The molecule has 12 nitrogen and oxygen atoms in total. The number of hydrogen-bond acceptors (Lipinski definition) is 9. The Balaban J connectivity index is 1.49. The fraction of sp³-hybridized carbons (Fsp3) is 0.233. The van der Waals surface area contributed by atoms with Crippen LogP contribution in [0.2, 0.25) is 0 Å². The van der Waals surface area contributed by atoms with Gasteiger partial charge in [-0.15, -0.1) is 0 Å². The molecule has 0 saturated carbocycles. The molecule has 42 heavy (non-hydrogen) atoms. The van der Waals surface area contributed by atoms with Gasteiger partial charge in [0, 0.05) is 11.4 Å². The lowest BCUT2D eigenvalue weighted by Crippen LogP contribution is -2.24. The Bertz CT molecular complexity index is 1410. The second-order valence-electron chi connectivity index (χ2n) is 8.52. The molecule has 0 radical (unpaired) electrons. The molecule has 12 heteroatoms. The van der Waals surface area contributed by atoms with Gasteiger partial charge < -0.3 is 29.6 Å². The molecule has 0 saturated heterocycles. The third-order valence-corrected chi connectivity index (χ3v) is 5.40. The Morgan fingerprint density at radius 1 is 0.762 bits per heavy atom. The molecular formula is C30H32N4O8. The number of benzene rings is 3. The highest BCUT2D eigenvalue weighted by atomic mass is 16.5. The quantitative estimate of drug-likeness (QED) is 0.113. The highest BCUT2D eigenvalue weighted by molar-refractivity contribution is 6.03. The number of hydrogen-bond donors (Lipinski definition) is 3. The number of nitrogens with one attached hydrogen (secondary N) is 3. The topological polar surface area (TPSA) is 154 Å². The first kappa shape index (κ1) is 31.1. The highest BCUT2D eigenvalue weighted by Crippen LogP contribution is 2.28. The van der Waals surface area contributed by atoms with Crippen LogP contribution >= 0.6 is 0 Å². The molecule has 0 unspecified atom stereocenters. The number of anilines is 2. The van der Waals surface area contributed by atoms with Crippen LogP contribution in [0, 0.1) is 0 Å². The summed E-state index contributed by atoms with van der Waals surface area (Å²) >= 11 is 0. The molecule has 3 aromatic carbocycles. The minimum absolute atomic E-state index is 0.273. The van der Waals surface area contributed by atoms with E-state index in [1.807, 2.05) is 0 Å². The molecule has 0 aliphatic rings. The average Bonchev–Trinajstić information content (AvgIpc) is 2.97. The average molecular weight is 577 g/mol. The number of carbonyl (C=O) groups excluding carboxylic acids is 4. The van der Waals surface area contributed by atoms with Crippen molar-refractivity contribution in [3.8, 4) is 17.2 Å². The Kier molecular flexibility index (Phi) is 11.9. The number of hydrazone groups is 1. The van der Waals surface area contributed by atoms with E-state index >= 15 is 0 Å². The van der Waals surface area contributed by atoms with Crippen LogP contribution in [0.3, 0.4) is 0 Å². The van der Waals surface area contributed by atoms with Gasteiger partial charge in [0.2, 0.25) is 11.8 Å². The van der Waals surface area contributed by atoms with Crippen molar-refractivity contribution in [2.24, 2.45) is 5.10 Å². The predicted molar refractivity (Wildman–Crippen MR) is 156 cm³/mol. The standard InChI is InChI=1S/C30H32N4O8/c1-4-40-26-16-20(18-31-34-28(36)17-27(35)32-23-11-13-24(39-3)14-12-23)6-15-25(26)42-19-29(37)33-22-9-7-21(8-10-22)30(38)41-5-2/h6-16,18H,4-5,17,19H2,1-3H3,(H,32,35)(H,33,37)(H,34,36). The van der Waals surface area contributed by atoms with Crippen LogP contribution in [0.1, 0.15) is 36.2 Å². The number of ether oxygens (including phenoxy) is 4. The molecule has 0 aliphatic heterocycles. The van der Waals surface area contributed by atoms with E-state index in [4.69, 9.17) is 18.9 Å². The van der Waals surface area contributed by atoms with E-state index in [2.05, 4.69) is 21.2 Å². The Morgan fingerprint density at radius 3 is 2.07 bits per heavy atom. The number of carbonyl (C=O) groups is 4. The van der Waals surface area contributed by atoms with Gasteiger partial charge in [0.1, 0.15) is 12.2 Å². The van der Waals surface area contributed by atoms with Gasteiger partial charge in [0.15, 0.2) is 18.1 Å². The van der Waals surface area contributed by atoms with Gasteiger partial charge in [-0.3, -0.25) is 14.4 Å². The van der Waals surface area contributed by atoms with Crippen molar-refractivity contribution in [3.05, 3.63) is 77.9 Å². The zero-order valence-electron chi connectivity index (χ0n) is 23.5. The number of rotatable bonds is 14. The van der Waals surface area contributed by atoms with E-state index in [9.17, 15) is 19.2 Å². The monoisotopic (exact) mass is 576 g/mol. The van der Waals surface area contributed by atoms with Crippen LogP contribution in [0.4, 0.5) is 11.4 Å². The SMILES string of the molecule is CCOC(=O)c1ccc(NC(=O)COc2ccc(C=NNC(=O)CC(=O)Nc3ccc(OC)cc3)cc2OCC)cc1. The molecule has 220 valence electrons. The predicted octanol–water partition coefficient (Wildman–Crippen LogP) is 3.77. The molecule has 0 spiro atoms. The maximum absolute atomic E-state index is 12.4. The second kappa shape index (κ2) is 16.0. The summed E-state index contributed by atoms with van der Waals surface area (Å²) < 4.78 is 21.3. The maximum Gasteiger partial charge on any atom is 0.338 e. The van der Waals surface area contributed by atoms with Crippen LogP contribution in [-0.2, 0) is 19.1 Å². The molecule has 0 bridgehead atoms. The third kappa shape index (κ3) is 9.97. The Labute approximate surface area is 243 Å². The molecule has 3 rings (SSSR count). The highest BCUT2D eigenvalue weighted by Gasteiger charge is 2.12. The van der Waals surface area contributed by atoms with Gasteiger partial charge in [0.25, 0.3) is 5.91 Å². The smallest absolute Gasteiger partial charge is 0.338 e. The maximum atomic E-state index is 12.4. The first-order valence-electron chi connectivity index (χ1n) is 13.0. The van der Waals surface area contributed by atoms with Crippen molar-refractivity contribution in [1.82, 2.24) is 5.43 Å². The lowest BCUT2D eigenvalue weighted by atomic mass is 10.2. The van der Waals surface area contributed by atoms with Gasteiger partial charge >= 0.3 is 5.97 Å². The van der Waals surface area contributed by atoms with Crippen molar-refractivity contribution < 1.29 is 38.1 Å². The number of amides is 3. The van der Waals surface area contributed by atoms with Gasteiger partial charge in [-0.05, 0) is 86.1 Å². The van der Waals surface area contributed by atoms with Gasteiger partial charge in [0.05, 0.1) is 32.1 Å². The van der Waals surface area contributed by atoms with Gasteiger partial charge in [-0.25, -0.2) is 10.2 Å². The Hall–Kier alpha value is -5.39. The van der Waals surface area contributed by atoms with Crippen LogP contribution in [0.15, 0.2) is 71.8 Å². The molecule has 3 amide bonds. The largest absolute Gasteiger partial charge is 0.497 e. The molecule has 0 fully saturated rings. The second-order valence-corrected chi connectivity index (χ2v) is 8.52. The van der Waals surface area contributed by atoms with Crippen molar-refractivity contribution in [3.63, 3.8) is 0 Å². The minimum Gasteiger partial charge on any atom is -0.497 e. The fourth-order valence-corrected chi connectivity index (χ4v) is 3.48. The summed E-state index contributed by atoms with van der Waals surface area (Å²) in [5.74, 6) is -0.584. The van der Waals surface area contributed by atoms with Crippen molar-refractivity contribution in [2.45, 2.75) is 20.3 Å². The molecule has 3 aromatic rings. The van der Waals surface area contributed by atoms with Crippen LogP contribution < -0.4 is 30.3 Å². The van der Waals surface area contributed by atoms with Gasteiger partial charge in [-0.1, -0.05) is 0 Å².